The number of anilines is 1. The lowest BCUT2D eigenvalue weighted by Crippen LogP contribution is -2.29. The SMILES string of the molecule is CCOc1ccc([C@@H]2C(=C(O)c3cccc(OC)c3)C(=O)C(=O)N2c2nc(C)c(C(=O)OC)s2)cc1. The number of hydrogen-bond acceptors (Lipinski definition) is 9. The van der Waals surface area contributed by atoms with E-state index in [1.807, 2.05) is 6.92 Å². The highest BCUT2D eigenvalue weighted by molar-refractivity contribution is 7.17. The summed E-state index contributed by atoms with van der Waals surface area (Å²) in [5.74, 6) is -1.60. The van der Waals surface area contributed by atoms with Crippen molar-refractivity contribution in [2.24, 2.45) is 0 Å². The highest BCUT2D eigenvalue weighted by Gasteiger charge is 2.48. The molecule has 3 aromatic rings. The van der Waals surface area contributed by atoms with Gasteiger partial charge < -0.3 is 19.3 Å². The number of carbonyl (C=O) groups is 3. The van der Waals surface area contributed by atoms with Gasteiger partial charge in [0, 0.05) is 5.56 Å². The van der Waals surface area contributed by atoms with Gasteiger partial charge in [-0.2, -0.15) is 0 Å². The largest absolute Gasteiger partial charge is 0.507 e. The molecule has 1 aliphatic heterocycles. The molecule has 1 aromatic heterocycles. The molecule has 36 heavy (non-hydrogen) atoms. The van der Waals surface area contributed by atoms with Crippen LogP contribution in [0.3, 0.4) is 0 Å². The number of ketones is 1. The van der Waals surface area contributed by atoms with Crippen LogP contribution in [0.2, 0.25) is 0 Å². The number of rotatable bonds is 7. The summed E-state index contributed by atoms with van der Waals surface area (Å²) >= 11 is 0.939. The molecular weight excluding hydrogens is 484 g/mol. The number of hydrogen-bond donors (Lipinski definition) is 1. The first-order chi connectivity index (χ1) is 17.3. The van der Waals surface area contributed by atoms with Crippen LogP contribution in [0.15, 0.2) is 54.1 Å². The molecule has 2 heterocycles. The van der Waals surface area contributed by atoms with Crippen molar-refractivity contribution in [3.63, 3.8) is 0 Å². The number of amides is 1. The number of Topliss-reactive ketones (excluding diaryl/α,β-unsaturated/α-hetero) is 1. The van der Waals surface area contributed by atoms with Crippen LogP contribution in [0.1, 0.15) is 39.5 Å². The molecule has 0 saturated carbocycles. The number of aryl methyl sites for hydroxylation is 1. The molecule has 2 aromatic carbocycles. The highest BCUT2D eigenvalue weighted by Crippen LogP contribution is 2.44. The first-order valence-corrected chi connectivity index (χ1v) is 11.9. The van der Waals surface area contributed by atoms with Gasteiger partial charge in [-0.25, -0.2) is 9.78 Å². The molecule has 1 N–H and O–H groups in total. The van der Waals surface area contributed by atoms with Crippen LogP contribution in [0.4, 0.5) is 5.13 Å². The van der Waals surface area contributed by atoms with E-state index in [0.29, 0.717) is 34.9 Å². The first-order valence-electron chi connectivity index (χ1n) is 11.0. The van der Waals surface area contributed by atoms with Crippen molar-refractivity contribution in [3.8, 4) is 11.5 Å². The van der Waals surface area contributed by atoms with Gasteiger partial charge in [-0.3, -0.25) is 14.5 Å². The number of thiazole rings is 1. The molecule has 0 bridgehead atoms. The molecule has 1 saturated heterocycles. The molecule has 9 nitrogen and oxygen atoms in total. The first kappa shape index (κ1) is 24.9. The summed E-state index contributed by atoms with van der Waals surface area (Å²) in [6.07, 6.45) is 0. The number of aromatic nitrogens is 1. The Balaban J connectivity index is 1.91. The van der Waals surface area contributed by atoms with E-state index in [1.165, 1.54) is 19.1 Å². The lowest BCUT2D eigenvalue weighted by Gasteiger charge is -2.23. The third-order valence-electron chi connectivity index (χ3n) is 5.66. The zero-order chi connectivity index (χ0) is 26.0. The third-order valence-corrected chi connectivity index (χ3v) is 6.79. The normalized spacial score (nSPS) is 16.8. The van der Waals surface area contributed by atoms with Gasteiger partial charge in [0.2, 0.25) is 0 Å². The van der Waals surface area contributed by atoms with Crippen molar-refractivity contribution in [2.75, 3.05) is 25.7 Å². The molecular formula is C26H24N2O7S. The minimum absolute atomic E-state index is 0.107. The highest BCUT2D eigenvalue weighted by atomic mass is 32.1. The van der Waals surface area contributed by atoms with Crippen molar-refractivity contribution in [1.82, 2.24) is 4.98 Å². The Morgan fingerprint density at radius 3 is 2.47 bits per heavy atom. The number of carbonyl (C=O) groups excluding carboxylic acids is 3. The summed E-state index contributed by atoms with van der Waals surface area (Å²) in [7, 11) is 2.74. The van der Waals surface area contributed by atoms with Gasteiger partial charge in [0.05, 0.1) is 38.1 Å². The molecule has 186 valence electrons. The second kappa shape index (κ2) is 10.2. The van der Waals surface area contributed by atoms with Crippen LogP contribution in [0.25, 0.3) is 5.76 Å². The van der Waals surface area contributed by atoms with E-state index < -0.39 is 23.7 Å². The Morgan fingerprint density at radius 1 is 1.11 bits per heavy atom. The van der Waals surface area contributed by atoms with Crippen LogP contribution < -0.4 is 14.4 Å². The van der Waals surface area contributed by atoms with Crippen molar-refractivity contribution >= 4 is 39.9 Å². The molecule has 0 aliphatic carbocycles. The van der Waals surface area contributed by atoms with Crippen molar-refractivity contribution in [1.29, 1.82) is 0 Å². The maximum absolute atomic E-state index is 13.3. The standard InChI is InChI=1S/C26H24N2O7S/c1-5-35-17-11-9-15(10-12-17)20-19(21(29)16-7-6-8-18(13-16)33-3)22(30)24(31)28(20)26-27-14(2)23(36-26)25(32)34-4/h6-13,20,29H,5H2,1-4H3/t20-/m1/s1. The van der Waals surface area contributed by atoms with Gasteiger partial charge >= 0.3 is 11.9 Å². The van der Waals surface area contributed by atoms with Gasteiger partial charge in [-0.15, -0.1) is 0 Å². The number of nitrogens with zero attached hydrogens (tertiary/aromatic N) is 2. The van der Waals surface area contributed by atoms with E-state index in [-0.39, 0.29) is 21.3 Å². The molecule has 1 aliphatic rings. The number of methoxy groups -OCH3 is 2. The second-order valence-corrected chi connectivity index (χ2v) is 8.78. The fourth-order valence-electron chi connectivity index (χ4n) is 3.95. The van der Waals surface area contributed by atoms with E-state index in [4.69, 9.17) is 14.2 Å². The van der Waals surface area contributed by atoms with E-state index in [0.717, 1.165) is 11.3 Å². The molecule has 1 amide bonds. The van der Waals surface area contributed by atoms with Crippen molar-refractivity contribution < 1.29 is 33.7 Å². The van der Waals surface area contributed by atoms with E-state index >= 15 is 0 Å². The number of benzene rings is 2. The number of ether oxygens (including phenoxy) is 3. The maximum atomic E-state index is 13.3. The summed E-state index contributed by atoms with van der Waals surface area (Å²) in [5, 5.41) is 11.4. The third kappa shape index (κ3) is 4.42. The molecule has 10 heteroatoms. The Hall–Kier alpha value is -4.18. The minimum Gasteiger partial charge on any atom is -0.507 e. The smallest absolute Gasteiger partial charge is 0.350 e. The van der Waals surface area contributed by atoms with Crippen LogP contribution in [0, 0.1) is 6.92 Å². The molecule has 1 atom stereocenters. The summed E-state index contributed by atoms with van der Waals surface area (Å²) in [6, 6.07) is 12.4. The Bertz CT molecular complexity index is 1360. The van der Waals surface area contributed by atoms with Crippen LogP contribution in [-0.2, 0) is 14.3 Å². The zero-order valence-corrected chi connectivity index (χ0v) is 20.9. The topological polar surface area (TPSA) is 115 Å². The second-order valence-electron chi connectivity index (χ2n) is 7.81. The Labute approximate surface area is 211 Å². The van der Waals surface area contributed by atoms with Crippen LogP contribution >= 0.6 is 11.3 Å². The predicted octanol–water partition coefficient (Wildman–Crippen LogP) is 4.27. The molecule has 1 fully saturated rings. The minimum atomic E-state index is -0.997. The predicted molar refractivity (Wildman–Crippen MR) is 134 cm³/mol. The van der Waals surface area contributed by atoms with Crippen LogP contribution in [0.5, 0.6) is 11.5 Å². The molecule has 0 unspecified atom stereocenters. The lowest BCUT2D eigenvalue weighted by atomic mass is 9.95. The zero-order valence-electron chi connectivity index (χ0n) is 20.1. The van der Waals surface area contributed by atoms with Gasteiger partial charge in [-0.05, 0) is 43.7 Å². The quantitative estimate of drug-likeness (QED) is 0.218. The maximum Gasteiger partial charge on any atom is 0.350 e. The van der Waals surface area contributed by atoms with E-state index in [9.17, 15) is 19.5 Å². The summed E-state index contributed by atoms with van der Waals surface area (Å²) in [6.45, 7) is 3.95. The average Bonchev–Trinajstić information content (AvgIpc) is 3.40. The molecule has 0 radical (unpaired) electrons. The summed E-state index contributed by atoms with van der Waals surface area (Å²) in [5.41, 5.74) is 1.12. The average molecular weight is 509 g/mol. The van der Waals surface area contributed by atoms with E-state index in [2.05, 4.69) is 4.98 Å². The number of esters is 1. The fraction of sp³-hybridized carbons (Fsp3) is 0.231. The van der Waals surface area contributed by atoms with E-state index in [1.54, 1.807) is 55.5 Å². The lowest BCUT2D eigenvalue weighted by molar-refractivity contribution is -0.132. The molecule has 4 rings (SSSR count). The van der Waals surface area contributed by atoms with Gasteiger partial charge in [0.25, 0.3) is 5.78 Å². The Kier molecular flexibility index (Phi) is 7.07. The van der Waals surface area contributed by atoms with Gasteiger partial charge in [0.15, 0.2) is 5.13 Å². The summed E-state index contributed by atoms with van der Waals surface area (Å²) < 4.78 is 15.6. The van der Waals surface area contributed by atoms with Gasteiger partial charge in [0.1, 0.15) is 22.1 Å². The summed E-state index contributed by atoms with van der Waals surface area (Å²) in [4.78, 5) is 44.6. The van der Waals surface area contributed by atoms with Crippen molar-refractivity contribution in [2.45, 2.75) is 19.9 Å². The molecule has 0 spiro atoms. The number of aliphatic hydroxyl groups is 1. The van der Waals surface area contributed by atoms with Gasteiger partial charge in [-0.1, -0.05) is 35.6 Å². The fourth-order valence-corrected chi connectivity index (χ4v) is 4.96. The van der Waals surface area contributed by atoms with Crippen LogP contribution in [-0.4, -0.2) is 48.6 Å². The monoisotopic (exact) mass is 508 g/mol. The van der Waals surface area contributed by atoms with Crippen molar-refractivity contribution in [3.05, 3.63) is 75.8 Å². The number of aliphatic hydroxyl groups excluding tert-OH is 1. The Morgan fingerprint density at radius 2 is 1.83 bits per heavy atom.